The molecule has 1 saturated heterocycles. The minimum Gasteiger partial charge on any atom is -0.277 e. The molecule has 0 aromatic carbocycles. The number of carbonyl (C=O) groups excluding carboxylic acids is 2. The third kappa shape index (κ3) is 2.36. The molecule has 0 saturated carbocycles. The van der Waals surface area contributed by atoms with Crippen LogP contribution in [0.1, 0.15) is 41.0 Å². The molecule has 4 heteroatoms. The number of hydrogen-bond donors (Lipinski definition) is 1. The van der Waals surface area contributed by atoms with Crippen molar-refractivity contribution in [3.05, 3.63) is 0 Å². The van der Waals surface area contributed by atoms with Crippen molar-refractivity contribution >= 4 is 24.4 Å². The maximum absolute atomic E-state index is 12.1. The van der Waals surface area contributed by atoms with Crippen LogP contribution in [0.3, 0.4) is 0 Å². The number of rotatable bonds is 1. The first-order valence-electron chi connectivity index (χ1n) is 5.14. The van der Waals surface area contributed by atoms with Crippen molar-refractivity contribution in [1.29, 1.82) is 0 Å². The summed E-state index contributed by atoms with van der Waals surface area (Å²) in [6.45, 7) is 9.36. The van der Waals surface area contributed by atoms with Crippen molar-refractivity contribution in [2.24, 2.45) is 5.92 Å². The van der Waals surface area contributed by atoms with Crippen molar-refractivity contribution in [2.75, 3.05) is 0 Å². The molecular weight excluding hydrogens is 210 g/mol. The molecule has 0 aromatic rings. The van der Waals surface area contributed by atoms with Crippen LogP contribution >= 0.6 is 12.6 Å². The number of thiol groups is 1. The molecule has 3 nitrogen and oxygen atoms in total. The number of carbonyl (C=O) groups is 2. The van der Waals surface area contributed by atoms with Crippen LogP contribution in [0.25, 0.3) is 0 Å². The highest BCUT2D eigenvalue weighted by molar-refractivity contribution is 7.81. The van der Waals surface area contributed by atoms with E-state index in [1.807, 2.05) is 34.6 Å². The summed E-state index contributed by atoms with van der Waals surface area (Å²) in [5.41, 5.74) is -0.429. The summed E-state index contributed by atoms with van der Waals surface area (Å²) < 4.78 is -0.438. The molecule has 1 unspecified atom stereocenters. The Bertz CT molecular complexity index is 299. The molecule has 1 rings (SSSR count). The molecule has 0 spiro atoms. The van der Waals surface area contributed by atoms with Crippen molar-refractivity contribution in [2.45, 2.75) is 51.3 Å². The summed E-state index contributed by atoms with van der Waals surface area (Å²) in [7, 11) is 0. The first kappa shape index (κ1) is 12.6. The molecule has 2 amide bonds. The second-order valence-corrected chi connectivity index (χ2v) is 6.80. The van der Waals surface area contributed by atoms with Crippen molar-refractivity contribution in [3.8, 4) is 0 Å². The molecular formula is C11H19NO2S. The number of amides is 2. The Morgan fingerprint density at radius 2 is 1.67 bits per heavy atom. The lowest BCUT2D eigenvalue weighted by Gasteiger charge is -2.31. The van der Waals surface area contributed by atoms with E-state index in [4.69, 9.17) is 0 Å². The first-order valence-corrected chi connectivity index (χ1v) is 5.59. The Hall–Kier alpha value is -0.510. The number of likely N-dealkylation sites (tertiary alicyclic amines) is 1. The molecule has 0 aromatic heterocycles. The van der Waals surface area contributed by atoms with Crippen LogP contribution < -0.4 is 0 Å². The zero-order chi connectivity index (χ0) is 12.0. The minimum absolute atomic E-state index is 0.0837. The van der Waals surface area contributed by atoms with Gasteiger partial charge >= 0.3 is 0 Å². The summed E-state index contributed by atoms with van der Waals surface area (Å²) in [6, 6.07) is 0. The number of nitrogens with zero attached hydrogens (tertiary/aromatic N) is 1. The summed E-state index contributed by atoms with van der Waals surface area (Å²) in [5, 5.41) is 0. The van der Waals surface area contributed by atoms with Gasteiger partial charge in [-0.25, -0.2) is 0 Å². The van der Waals surface area contributed by atoms with E-state index < -0.39 is 10.3 Å². The topological polar surface area (TPSA) is 37.4 Å². The quantitative estimate of drug-likeness (QED) is 0.550. The molecule has 0 N–H and O–H groups in total. The zero-order valence-electron chi connectivity index (χ0n) is 10.00. The lowest BCUT2D eigenvalue weighted by molar-refractivity contribution is -0.144. The van der Waals surface area contributed by atoms with E-state index in [-0.39, 0.29) is 24.2 Å². The minimum atomic E-state index is -0.438. The largest absolute Gasteiger partial charge is 0.277 e. The smallest absolute Gasteiger partial charge is 0.234 e. The van der Waals surface area contributed by atoms with Gasteiger partial charge in [0.25, 0.3) is 0 Å². The predicted molar refractivity (Wildman–Crippen MR) is 62.8 cm³/mol. The lowest BCUT2D eigenvalue weighted by atomic mass is 9.93. The maximum Gasteiger partial charge on any atom is 0.234 e. The predicted octanol–water partition coefficient (Wildman–Crippen LogP) is 1.87. The van der Waals surface area contributed by atoms with E-state index in [0.717, 1.165) is 0 Å². The third-order valence-corrected chi connectivity index (χ3v) is 2.98. The lowest BCUT2D eigenvalue weighted by Crippen LogP contribution is -2.46. The Kier molecular flexibility index (Phi) is 2.94. The van der Waals surface area contributed by atoms with Crippen LogP contribution in [0, 0.1) is 5.92 Å². The van der Waals surface area contributed by atoms with Crippen LogP contribution in [0.5, 0.6) is 0 Å². The molecule has 0 aliphatic carbocycles. The fourth-order valence-corrected chi connectivity index (χ4v) is 2.09. The highest BCUT2D eigenvalue weighted by Gasteiger charge is 2.48. The van der Waals surface area contributed by atoms with Gasteiger partial charge in [-0.2, -0.15) is 12.6 Å². The van der Waals surface area contributed by atoms with E-state index in [9.17, 15) is 9.59 Å². The van der Waals surface area contributed by atoms with Gasteiger partial charge in [0, 0.05) is 16.7 Å². The van der Waals surface area contributed by atoms with Crippen molar-refractivity contribution < 1.29 is 9.59 Å². The second-order valence-electron chi connectivity index (χ2n) is 5.65. The zero-order valence-corrected chi connectivity index (χ0v) is 10.9. The van der Waals surface area contributed by atoms with E-state index in [2.05, 4.69) is 12.6 Å². The summed E-state index contributed by atoms with van der Waals surface area (Å²) in [6.07, 6.45) is 0.284. The Morgan fingerprint density at radius 1 is 1.20 bits per heavy atom. The normalized spacial score (nSPS) is 23.9. The molecule has 1 atom stereocenters. The first-order chi connectivity index (χ1) is 6.55. The van der Waals surface area contributed by atoms with Gasteiger partial charge in [0.2, 0.25) is 11.8 Å². The van der Waals surface area contributed by atoms with Crippen LogP contribution in [-0.4, -0.2) is 27.0 Å². The van der Waals surface area contributed by atoms with Gasteiger partial charge in [0.15, 0.2) is 0 Å². The van der Waals surface area contributed by atoms with E-state index in [1.54, 1.807) is 0 Å². The number of imide groups is 1. The van der Waals surface area contributed by atoms with Crippen molar-refractivity contribution in [1.82, 2.24) is 4.90 Å². The maximum atomic E-state index is 12.1. The van der Waals surface area contributed by atoms with E-state index in [1.165, 1.54) is 4.90 Å². The molecule has 1 aliphatic heterocycles. The number of hydrogen-bond acceptors (Lipinski definition) is 3. The van der Waals surface area contributed by atoms with Gasteiger partial charge in [-0.3, -0.25) is 14.5 Å². The van der Waals surface area contributed by atoms with Crippen LogP contribution in [0.15, 0.2) is 0 Å². The Morgan fingerprint density at radius 3 is 1.87 bits per heavy atom. The average molecular weight is 229 g/mol. The van der Waals surface area contributed by atoms with Gasteiger partial charge < -0.3 is 0 Å². The Balaban J connectivity index is 3.00. The van der Waals surface area contributed by atoms with Crippen LogP contribution in [0.4, 0.5) is 0 Å². The SMILES string of the molecule is CC(C)(S)C1CC(=O)N(C(C)(C)C)C1=O. The van der Waals surface area contributed by atoms with Crippen molar-refractivity contribution in [3.63, 3.8) is 0 Å². The molecule has 0 bridgehead atoms. The van der Waals surface area contributed by atoms with E-state index in [0.29, 0.717) is 0 Å². The van der Waals surface area contributed by atoms with Crippen LogP contribution in [0.2, 0.25) is 0 Å². The monoisotopic (exact) mass is 229 g/mol. The van der Waals surface area contributed by atoms with E-state index >= 15 is 0 Å². The molecule has 86 valence electrons. The summed E-state index contributed by atoms with van der Waals surface area (Å²) in [4.78, 5) is 25.2. The van der Waals surface area contributed by atoms with Gasteiger partial charge in [-0.05, 0) is 20.8 Å². The van der Waals surface area contributed by atoms with Crippen LogP contribution in [-0.2, 0) is 9.59 Å². The summed E-state index contributed by atoms with van der Waals surface area (Å²) >= 11 is 4.39. The highest BCUT2D eigenvalue weighted by atomic mass is 32.1. The van der Waals surface area contributed by atoms with Gasteiger partial charge in [0.1, 0.15) is 0 Å². The highest BCUT2D eigenvalue weighted by Crippen LogP contribution is 2.36. The molecule has 0 radical (unpaired) electrons. The Labute approximate surface area is 96.6 Å². The van der Waals surface area contributed by atoms with Gasteiger partial charge in [-0.15, -0.1) is 0 Å². The van der Waals surface area contributed by atoms with Gasteiger partial charge in [-0.1, -0.05) is 13.8 Å². The fraction of sp³-hybridized carbons (Fsp3) is 0.818. The standard InChI is InChI=1S/C11H19NO2S/c1-10(2,3)12-8(13)6-7(9(12)14)11(4,5)15/h7,15H,6H2,1-5H3. The third-order valence-electron chi connectivity index (χ3n) is 2.67. The molecule has 1 aliphatic rings. The second kappa shape index (κ2) is 3.51. The molecule has 15 heavy (non-hydrogen) atoms. The van der Waals surface area contributed by atoms with Gasteiger partial charge in [0.05, 0.1) is 5.92 Å². The molecule has 1 fully saturated rings. The summed E-state index contributed by atoms with van der Waals surface area (Å²) in [5.74, 6) is -0.473. The fourth-order valence-electron chi connectivity index (χ4n) is 1.89. The average Bonchev–Trinajstić information content (AvgIpc) is 2.22. The molecule has 1 heterocycles.